The molecular formula is C19H20N2O2S. The number of rotatable bonds is 4. The third kappa shape index (κ3) is 4.21. The van der Waals surface area contributed by atoms with E-state index in [4.69, 9.17) is 16.2 Å². The number of ether oxygens (including phenoxy) is 1. The lowest BCUT2D eigenvalue weighted by Gasteiger charge is -2.17. The van der Waals surface area contributed by atoms with Gasteiger partial charge in [0.25, 0.3) is 5.91 Å². The van der Waals surface area contributed by atoms with Crippen molar-refractivity contribution in [1.82, 2.24) is 5.32 Å². The van der Waals surface area contributed by atoms with E-state index in [1.54, 1.807) is 0 Å². The molecule has 5 heteroatoms. The van der Waals surface area contributed by atoms with Crippen LogP contribution in [0.25, 0.3) is 6.08 Å². The summed E-state index contributed by atoms with van der Waals surface area (Å²) in [6.45, 7) is 0.202. The van der Waals surface area contributed by atoms with E-state index in [1.807, 2.05) is 30.3 Å². The number of carbonyl (C=O) groups is 1. The quantitative estimate of drug-likeness (QED) is 0.673. The summed E-state index contributed by atoms with van der Waals surface area (Å²) in [6.07, 6.45) is 13.0. The minimum absolute atomic E-state index is 0.110. The van der Waals surface area contributed by atoms with Crippen molar-refractivity contribution in [1.29, 1.82) is 0 Å². The smallest absolute Gasteiger partial charge is 0.264 e. The molecule has 1 N–H and O–H groups in total. The Balaban J connectivity index is 1.75. The molecule has 124 valence electrons. The van der Waals surface area contributed by atoms with Gasteiger partial charge in [-0.05, 0) is 36.7 Å². The number of benzene rings is 1. The first-order valence-corrected chi connectivity index (χ1v) is 9.02. The Bertz CT molecular complexity index is 712. The van der Waals surface area contributed by atoms with Gasteiger partial charge in [-0.15, -0.1) is 6.42 Å². The van der Waals surface area contributed by atoms with Gasteiger partial charge in [-0.3, -0.25) is 9.79 Å². The van der Waals surface area contributed by atoms with Crippen LogP contribution in [0.1, 0.15) is 37.7 Å². The predicted molar refractivity (Wildman–Crippen MR) is 98.8 cm³/mol. The van der Waals surface area contributed by atoms with E-state index in [1.165, 1.54) is 31.0 Å². The monoisotopic (exact) mass is 340 g/mol. The minimum Gasteiger partial charge on any atom is -0.480 e. The van der Waals surface area contributed by atoms with Crippen molar-refractivity contribution in [3.8, 4) is 18.1 Å². The van der Waals surface area contributed by atoms with Crippen LogP contribution in [0.15, 0.2) is 34.2 Å². The second kappa shape index (κ2) is 8.07. The van der Waals surface area contributed by atoms with E-state index in [2.05, 4.69) is 11.2 Å². The molecular weight excluding hydrogens is 320 g/mol. The first-order valence-electron chi connectivity index (χ1n) is 8.20. The van der Waals surface area contributed by atoms with Gasteiger partial charge in [0.1, 0.15) is 12.4 Å². The van der Waals surface area contributed by atoms with Gasteiger partial charge in [0.2, 0.25) is 0 Å². The molecule has 1 aliphatic heterocycles. The molecule has 0 unspecified atom stereocenters. The highest BCUT2D eigenvalue weighted by Gasteiger charge is 2.25. The van der Waals surface area contributed by atoms with Crippen LogP contribution in [0.4, 0.5) is 0 Å². The van der Waals surface area contributed by atoms with Crippen molar-refractivity contribution in [2.24, 2.45) is 4.99 Å². The highest BCUT2D eigenvalue weighted by molar-refractivity contribution is 8.18. The van der Waals surface area contributed by atoms with Gasteiger partial charge in [0.05, 0.1) is 10.9 Å². The van der Waals surface area contributed by atoms with Crippen LogP contribution in [-0.2, 0) is 4.79 Å². The standard InChI is InChI=1S/C19H20N2O2S/c1-2-12-23-16-11-7-6-8-14(16)13-17-18(22)21-19(24-17)20-15-9-4-3-5-10-15/h1,6-8,11,13,15H,3-5,9-10,12H2,(H,20,21,22). The van der Waals surface area contributed by atoms with Gasteiger partial charge in [0, 0.05) is 5.56 Å². The van der Waals surface area contributed by atoms with Crippen molar-refractivity contribution in [2.75, 3.05) is 6.61 Å². The van der Waals surface area contributed by atoms with Crippen LogP contribution in [0.2, 0.25) is 0 Å². The van der Waals surface area contributed by atoms with Crippen LogP contribution in [0.3, 0.4) is 0 Å². The molecule has 1 aliphatic carbocycles. The number of nitrogens with one attached hydrogen (secondary N) is 1. The normalized spacial score (nSPS) is 21.7. The largest absolute Gasteiger partial charge is 0.480 e. The molecule has 1 aromatic carbocycles. The molecule has 1 aromatic rings. The molecule has 0 bridgehead atoms. The number of thioether (sulfide) groups is 1. The third-order valence-electron chi connectivity index (χ3n) is 4.04. The second-order valence-electron chi connectivity index (χ2n) is 5.82. The zero-order chi connectivity index (χ0) is 16.8. The maximum atomic E-state index is 12.2. The Morgan fingerprint density at radius 3 is 2.92 bits per heavy atom. The van der Waals surface area contributed by atoms with Crippen LogP contribution in [-0.4, -0.2) is 23.7 Å². The lowest BCUT2D eigenvalue weighted by atomic mass is 9.96. The van der Waals surface area contributed by atoms with Crippen LogP contribution >= 0.6 is 11.8 Å². The lowest BCUT2D eigenvalue weighted by molar-refractivity contribution is -0.115. The predicted octanol–water partition coefficient (Wildman–Crippen LogP) is 3.59. The number of para-hydroxylation sites is 1. The zero-order valence-electron chi connectivity index (χ0n) is 13.5. The molecule has 0 atom stereocenters. The first kappa shape index (κ1) is 16.7. The molecule has 3 rings (SSSR count). The highest BCUT2D eigenvalue weighted by atomic mass is 32.2. The fourth-order valence-corrected chi connectivity index (χ4v) is 3.74. The number of amides is 1. The van der Waals surface area contributed by atoms with Crippen molar-refractivity contribution < 1.29 is 9.53 Å². The average Bonchev–Trinajstić information content (AvgIpc) is 2.94. The summed E-state index contributed by atoms with van der Waals surface area (Å²) < 4.78 is 5.53. The fraction of sp³-hybridized carbons (Fsp3) is 0.368. The topological polar surface area (TPSA) is 50.7 Å². The summed E-state index contributed by atoms with van der Waals surface area (Å²) in [6, 6.07) is 7.88. The Morgan fingerprint density at radius 1 is 1.33 bits per heavy atom. The molecule has 4 nitrogen and oxygen atoms in total. The van der Waals surface area contributed by atoms with Gasteiger partial charge in [-0.25, -0.2) is 0 Å². The molecule has 2 aliphatic rings. The number of nitrogens with zero attached hydrogens (tertiary/aromatic N) is 1. The summed E-state index contributed by atoms with van der Waals surface area (Å²) in [5, 5.41) is 3.58. The SMILES string of the molecule is C#CCOc1ccccc1C=C1SC(=NC2CCCCC2)NC1=O. The maximum absolute atomic E-state index is 12.2. The van der Waals surface area contributed by atoms with E-state index >= 15 is 0 Å². The van der Waals surface area contributed by atoms with Crippen molar-refractivity contribution in [3.63, 3.8) is 0 Å². The summed E-state index contributed by atoms with van der Waals surface area (Å²) in [5.74, 6) is 3.02. The van der Waals surface area contributed by atoms with E-state index in [-0.39, 0.29) is 12.5 Å². The number of hydrogen-bond donors (Lipinski definition) is 1. The van der Waals surface area contributed by atoms with Crippen molar-refractivity contribution in [3.05, 3.63) is 34.7 Å². The lowest BCUT2D eigenvalue weighted by Crippen LogP contribution is -2.22. The molecule has 0 radical (unpaired) electrons. The second-order valence-corrected chi connectivity index (χ2v) is 6.85. The number of terminal acetylenes is 1. The Kier molecular flexibility index (Phi) is 5.60. The van der Waals surface area contributed by atoms with Crippen LogP contribution in [0, 0.1) is 12.3 Å². The van der Waals surface area contributed by atoms with E-state index in [0.717, 1.165) is 18.4 Å². The van der Waals surface area contributed by atoms with E-state index < -0.39 is 0 Å². The molecule has 24 heavy (non-hydrogen) atoms. The van der Waals surface area contributed by atoms with E-state index in [0.29, 0.717) is 21.9 Å². The fourth-order valence-electron chi connectivity index (χ4n) is 2.86. The number of carbonyl (C=O) groups excluding carboxylic acids is 1. The highest BCUT2D eigenvalue weighted by Crippen LogP contribution is 2.30. The van der Waals surface area contributed by atoms with Crippen LogP contribution < -0.4 is 10.1 Å². The summed E-state index contributed by atoms with van der Waals surface area (Å²) in [4.78, 5) is 17.5. The Labute approximate surface area is 146 Å². The minimum atomic E-state index is -0.110. The van der Waals surface area contributed by atoms with Crippen molar-refractivity contribution >= 4 is 28.9 Å². The number of amidine groups is 1. The summed E-state index contributed by atoms with van der Waals surface area (Å²) in [5.41, 5.74) is 0.837. The summed E-state index contributed by atoms with van der Waals surface area (Å²) in [7, 11) is 0. The average molecular weight is 340 g/mol. The Hall–Kier alpha value is -2.19. The van der Waals surface area contributed by atoms with E-state index in [9.17, 15) is 4.79 Å². The maximum Gasteiger partial charge on any atom is 0.264 e. The molecule has 0 aromatic heterocycles. The van der Waals surface area contributed by atoms with Gasteiger partial charge in [-0.1, -0.05) is 43.4 Å². The molecule has 1 amide bonds. The zero-order valence-corrected chi connectivity index (χ0v) is 14.3. The molecule has 1 heterocycles. The van der Waals surface area contributed by atoms with Crippen LogP contribution in [0.5, 0.6) is 5.75 Å². The van der Waals surface area contributed by atoms with Gasteiger partial charge in [-0.2, -0.15) is 0 Å². The van der Waals surface area contributed by atoms with Gasteiger partial charge in [0.15, 0.2) is 5.17 Å². The molecule has 1 saturated heterocycles. The van der Waals surface area contributed by atoms with Gasteiger partial charge < -0.3 is 10.1 Å². The number of aliphatic imine (C=N–C) groups is 1. The Morgan fingerprint density at radius 2 is 2.12 bits per heavy atom. The first-order chi connectivity index (χ1) is 11.8. The molecule has 2 fully saturated rings. The molecule has 1 saturated carbocycles. The number of hydrogen-bond acceptors (Lipinski definition) is 4. The van der Waals surface area contributed by atoms with Crippen molar-refractivity contribution in [2.45, 2.75) is 38.1 Å². The summed E-state index contributed by atoms with van der Waals surface area (Å²) >= 11 is 1.39. The third-order valence-corrected chi connectivity index (χ3v) is 4.97. The van der Waals surface area contributed by atoms with Gasteiger partial charge >= 0.3 is 0 Å². The molecule has 0 spiro atoms.